The first-order valence-corrected chi connectivity index (χ1v) is 24.5. The Balaban J connectivity index is 1.07. The standard InChI is InChI=1S/C44H51FN5O12PS2/c1-57-36-12-7-32(8-13-36)29-60-43(51)47-19-3-4-21-50(22-5-20-48-44(52)61-30-33-9-14-37(58-2)15-10-33)23-6-24-59-38-17-18-41-35(25-38)26-42(64-41)65(55,56)49-31-63(53,54)62-39-16-11-34(28-46)40(45)27-39/h7-18,25-27,49H,3-6,19-24,29-31H2,1-2H3,(H,47,51)(H,48,52)(H,53,54). The lowest BCUT2D eigenvalue weighted by atomic mass is 10.2. The summed E-state index contributed by atoms with van der Waals surface area (Å²) >= 11 is 0.957. The molecule has 2 amide bonds. The molecule has 5 aromatic rings. The monoisotopic (exact) mass is 955 g/mol. The Bertz CT molecular complexity index is 2540. The van der Waals surface area contributed by atoms with Gasteiger partial charge < -0.3 is 48.6 Å². The molecule has 5 rings (SSSR count). The van der Waals surface area contributed by atoms with Crippen molar-refractivity contribution in [3.63, 3.8) is 0 Å². The van der Waals surface area contributed by atoms with Gasteiger partial charge in [0.15, 0.2) is 0 Å². The first kappa shape index (κ1) is 50.1. The number of alkyl carbamates (subject to hydrolysis) is 2. The Morgan fingerprint density at radius 1 is 0.769 bits per heavy atom. The van der Waals surface area contributed by atoms with Crippen LogP contribution in [0.5, 0.6) is 23.0 Å². The van der Waals surface area contributed by atoms with Gasteiger partial charge in [-0.15, -0.1) is 11.3 Å². The second-order valence-electron chi connectivity index (χ2n) is 14.4. The summed E-state index contributed by atoms with van der Waals surface area (Å²) in [6.45, 7) is 3.52. The Kier molecular flexibility index (Phi) is 19.2. The molecule has 0 saturated heterocycles. The van der Waals surface area contributed by atoms with Crippen LogP contribution in [0.2, 0.25) is 0 Å². The number of unbranched alkanes of at least 4 members (excludes halogenated alkanes) is 1. The third kappa shape index (κ3) is 16.9. The minimum Gasteiger partial charge on any atom is -0.497 e. The molecule has 0 fully saturated rings. The average Bonchev–Trinajstić information content (AvgIpc) is 3.74. The molecular weight excluding hydrogens is 905 g/mol. The van der Waals surface area contributed by atoms with E-state index in [2.05, 4.69) is 20.3 Å². The second kappa shape index (κ2) is 24.9. The predicted molar refractivity (Wildman–Crippen MR) is 241 cm³/mol. The van der Waals surface area contributed by atoms with Crippen LogP contribution in [0.25, 0.3) is 10.1 Å². The predicted octanol–water partition coefficient (Wildman–Crippen LogP) is 7.52. The summed E-state index contributed by atoms with van der Waals surface area (Å²) in [6.07, 6.45) is 0.792. The number of rotatable bonds is 26. The molecule has 0 radical (unpaired) electrons. The van der Waals surface area contributed by atoms with E-state index in [9.17, 15) is 31.9 Å². The number of halogens is 1. The molecule has 348 valence electrons. The SMILES string of the molecule is COc1ccc(COC(=O)NCCCCN(CCCNC(=O)OCc2ccc(OC)cc2)CCCOc2ccc3sc(S(=O)(=O)NCP(=O)(O)Oc4ccc(C#N)c(F)c4)cc3c2)cc1. The van der Waals surface area contributed by atoms with Crippen molar-refractivity contribution in [3.8, 4) is 29.1 Å². The van der Waals surface area contributed by atoms with Gasteiger partial charge in [0.05, 0.1) is 26.4 Å². The number of carbonyl (C=O) groups excluding carboxylic acids is 2. The Morgan fingerprint density at radius 2 is 1.34 bits per heavy atom. The lowest BCUT2D eigenvalue weighted by Crippen LogP contribution is -2.32. The summed E-state index contributed by atoms with van der Waals surface area (Å²) < 4.78 is 87.3. The zero-order valence-corrected chi connectivity index (χ0v) is 38.4. The van der Waals surface area contributed by atoms with E-state index in [-0.39, 0.29) is 28.7 Å². The van der Waals surface area contributed by atoms with Gasteiger partial charge in [-0.3, -0.25) is 0 Å². The third-order valence-corrected chi connectivity index (χ3v) is 13.8. The number of sulfonamides is 1. The molecule has 0 saturated carbocycles. The maximum Gasteiger partial charge on any atom is 0.407 e. The second-order valence-corrected chi connectivity index (χ2v) is 19.2. The molecule has 4 aromatic carbocycles. The van der Waals surface area contributed by atoms with Gasteiger partial charge >= 0.3 is 19.8 Å². The maximum atomic E-state index is 13.9. The fraction of sp³-hybridized carbons (Fsp3) is 0.341. The molecule has 1 aromatic heterocycles. The van der Waals surface area contributed by atoms with E-state index in [1.54, 1.807) is 62.8 Å². The van der Waals surface area contributed by atoms with Gasteiger partial charge in [0.2, 0.25) is 0 Å². The molecule has 17 nitrogen and oxygen atoms in total. The van der Waals surface area contributed by atoms with E-state index in [4.69, 9.17) is 33.5 Å². The molecule has 0 aliphatic rings. The van der Waals surface area contributed by atoms with Crippen LogP contribution >= 0.6 is 18.9 Å². The van der Waals surface area contributed by atoms with E-state index in [0.29, 0.717) is 79.4 Å². The van der Waals surface area contributed by atoms with Crippen molar-refractivity contribution >= 4 is 51.2 Å². The number of benzene rings is 4. The van der Waals surface area contributed by atoms with E-state index in [1.807, 2.05) is 24.3 Å². The lowest BCUT2D eigenvalue weighted by Gasteiger charge is -2.22. The summed E-state index contributed by atoms with van der Waals surface area (Å²) in [5, 5.41) is 15.0. The highest BCUT2D eigenvalue weighted by Crippen LogP contribution is 2.42. The molecule has 21 heteroatoms. The molecule has 0 bridgehead atoms. The molecule has 0 aliphatic heterocycles. The van der Waals surface area contributed by atoms with Crippen LogP contribution in [0, 0.1) is 17.1 Å². The molecule has 1 atom stereocenters. The number of amides is 2. The molecule has 4 N–H and O–H groups in total. The van der Waals surface area contributed by atoms with Gasteiger partial charge in [0.1, 0.15) is 58.6 Å². The van der Waals surface area contributed by atoms with Crippen molar-refractivity contribution in [2.75, 3.05) is 59.8 Å². The maximum absolute atomic E-state index is 13.9. The normalized spacial score (nSPS) is 12.2. The van der Waals surface area contributed by atoms with Gasteiger partial charge in [-0.1, -0.05) is 24.3 Å². The molecule has 1 unspecified atom stereocenters. The number of carbonyl (C=O) groups is 2. The van der Waals surface area contributed by atoms with Crippen LogP contribution in [-0.4, -0.2) is 90.2 Å². The van der Waals surface area contributed by atoms with Crippen LogP contribution in [-0.2, 0) is 37.3 Å². The Morgan fingerprint density at radius 3 is 1.94 bits per heavy atom. The molecule has 0 spiro atoms. The fourth-order valence-electron chi connectivity index (χ4n) is 6.10. The minimum atomic E-state index is -4.60. The van der Waals surface area contributed by atoms with Gasteiger partial charge in [-0.2, -0.15) is 9.98 Å². The molecule has 0 aliphatic carbocycles. The van der Waals surface area contributed by atoms with Crippen molar-refractivity contribution in [3.05, 3.63) is 114 Å². The highest BCUT2D eigenvalue weighted by molar-refractivity contribution is 7.92. The summed E-state index contributed by atoms with van der Waals surface area (Å²) in [6, 6.07) is 25.7. The van der Waals surface area contributed by atoms with Crippen molar-refractivity contribution in [1.29, 1.82) is 5.26 Å². The first-order chi connectivity index (χ1) is 31.2. The Labute approximate surface area is 380 Å². The first-order valence-electron chi connectivity index (χ1n) is 20.4. The van der Waals surface area contributed by atoms with Crippen LogP contribution in [0.3, 0.4) is 0 Å². The molecule has 65 heavy (non-hydrogen) atoms. The van der Waals surface area contributed by atoms with Gasteiger partial charge in [0.25, 0.3) is 10.0 Å². The van der Waals surface area contributed by atoms with Crippen molar-refractivity contribution in [2.45, 2.75) is 43.1 Å². The average molecular weight is 956 g/mol. The number of thiophene rings is 1. The summed E-state index contributed by atoms with van der Waals surface area (Å²) in [4.78, 5) is 37.1. The summed E-state index contributed by atoms with van der Waals surface area (Å²) in [5.74, 6) is 0.649. The quantitative estimate of drug-likeness (QED) is 0.0311. The Hall–Kier alpha value is -5.94. The minimum absolute atomic E-state index is 0.106. The van der Waals surface area contributed by atoms with Crippen LogP contribution < -0.4 is 34.1 Å². The number of fused-ring (bicyclic) bond motifs is 1. The largest absolute Gasteiger partial charge is 0.497 e. The molecule has 1 heterocycles. The third-order valence-electron chi connectivity index (χ3n) is 9.53. The zero-order chi connectivity index (χ0) is 46.7. The van der Waals surface area contributed by atoms with Crippen LogP contribution in [0.15, 0.2) is 95.2 Å². The van der Waals surface area contributed by atoms with Gasteiger partial charge in [0, 0.05) is 30.4 Å². The van der Waals surface area contributed by atoms with Crippen molar-refractivity contribution in [2.24, 2.45) is 0 Å². The van der Waals surface area contributed by atoms with E-state index in [1.165, 1.54) is 6.07 Å². The number of methoxy groups -OCH3 is 2. The van der Waals surface area contributed by atoms with E-state index in [0.717, 1.165) is 53.6 Å². The van der Waals surface area contributed by atoms with Crippen LogP contribution in [0.4, 0.5) is 14.0 Å². The number of hydrogen-bond acceptors (Lipinski definition) is 14. The van der Waals surface area contributed by atoms with E-state index >= 15 is 0 Å². The van der Waals surface area contributed by atoms with Crippen LogP contribution in [0.1, 0.15) is 42.4 Å². The summed E-state index contributed by atoms with van der Waals surface area (Å²) in [7, 11) is -5.68. The number of nitrogens with zero attached hydrogens (tertiary/aromatic N) is 2. The summed E-state index contributed by atoms with van der Waals surface area (Å²) in [5.41, 5.74) is 1.39. The zero-order valence-electron chi connectivity index (χ0n) is 35.8. The topological polar surface area (TPSA) is 224 Å². The highest BCUT2D eigenvalue weighted by Gasteiger charge is 2.27. The number of ether oxygens (including phenoxy) is 5. The number of nitriles is 1. The van der Waals surface area contributed by atoms with E-state index < -0.39 is 41.9 Å². The fourth-order valence-corrected chi connectivity index (χ4v) is 10.0. The number of nitrogens with one attached hydrogen (secondary N) is 3. The smallest absolute Gasteiger partial charge is 0.407 e. The highest BCUT2D eigenvalue weighted by atomic mass is 32.2. The van der Waals surface area contributed by atoms with Gasteiger partial charge in [-0.05, 0) is 116 Å². The van der Waals surface area contributed by atoms with Crippen molar-refractivity contribution in [1.82, 2.24) is 20.3 Å². The molecular formula is C44H51FN5O12PS2. The van der Waals surface area contributed by atoms with Crippen molar-refractivity contribution < 1.29 is 60.1 Å². The number of hydrogen-bond donors (Lipinski definition) is 4. The lowest BCUT2D eigenvalue weighted by molar-refractivity contribution is 0.137. The van der Waals surface area contributed by atoms with Gasteiger partial charge in [-0.25, -0.2) is 27.0 Å².